The summed E-state index contributed by atoms with van der Waals surface area (Å²) in [5.74, 6) is 0.291. The highest BCUT2D eigenvalue weighted by Gasteiger charge is 2.38. The third-order valence-electron chi connectivity index (χ3n) is 5.99. The third kappa shape index (κ3) is 2.51. The first kappa shape index (κ1) is 16.4. The van der Waals surface area contributed by atoms with Crippen molar-refractivity contribution in [2.75, 3.05) is 13.1 Å². The fourth-order valence-electron chi connectivity index (χ4n) is 5.14. The fourth-order valence-corrected chi connectivity index (χ4v) is 5.14. The van der Waals surface area contributed by atoms with Crippen molar-refractivity contribution in [3.8, 4) is 0 Å². The highest BCUT2D eigenvalue weighted by Crippen LogP contribution is 2.45. The SMILES string of the molecule is C=Cc1c2c3c(cccc3n1CC(N)=O)[C@H]1CCCN(CCC)[C@@H]1C2. The van der Waals surface area contributed by atoms with E-state index in [0.29, 0.717) is 12.0 Å². The van der Waals surface area contributed by atoms with Crippen LogP contribution in [0.15, 0.2) is 24.8 Å². The summed E-state index contributed by atoms with van der Waals surface area (Å²) in [4.78, 5) is 14.3. The van der Waals surface area contributed by atoms with Gasteiger partial charge in [-0.25, -0.2) is 0 Å². The molecule has 25 heavy (non-hydrogen) atoms. The predicted octanol–water partition coefficient (Wildman–Crippen LogP) is 3.28. The van der Waals surface area contributed by atoms with E-state index in [0.717, 1.165) is 24.2 Å². The quantitative estimate of drug-likeness (QED) is 0.910. The van der Waals surface area contributed by atoms with Crippen LogP contribution < -0.4 is 5.73 Å². The summed E-state index contributed by atoms with van der Waals surface area (Å²) in [5, 5.41) is 1.35. The number of hydrogen-bond acceptors (Lipinski definition) is 2. The molecule has 1 fully saturated rings. The van der Waals surface area contributed by atoms with Gasteiger partial charge in [0, 0.05) is 28.6 Å². The molecule has 1 aliphatic heterocycles. The number of fused-ring (bicyclic) bond motifs is 2. The minimum absolute atomic E-state index is 0.218. The molecule has 2 aliphatic rings. The number of nitrogens with two attached hydrogens (primary N) is 1. The molecular weight excluding hydrogens is 310 g/mol. The molecule has 1 aliphatic carbocycles. The zero-order chi connectivity index (χ0) is 17.6. The van der Waals surface area contributed by atoms with Gasteiger partial charge in [0.1, 0.15) is 6.54 Å². The summed E-state index contributed by atoms with van der Waals surface area (Å²) in [7, 11) is 0. The Kier molecular flexibility index (Phi) is 4.16. The minimum atomic E-state index is -0.304. The number of carbonyl (C=O) groups is 1. The van der Waals surface area contributed by atoms with Crippen molar-refractivity contribution < 1.29 is 4.79 Å². The van der Waals surface area contributed by atoms with Gasteiger partial charge in [0.25, 0.3) is 0 Å². The first-order chi connectivity index (χ1) is 12.2. The number of likely N-dealkylation sites (tertiary alicyclic amines) is 1. The first-order valence-corrected chi connectivity index (χ1v) is 9.44. The predicted molar refractivity (Wildman–Crippen MR) is 103 cm³/mol. The maximum Gasteiger partial charge on any atom is 0.237 e. The molecule has 4 heteroatoms. The molecule has 2 aromatic rings. The van der Waals surface area contributed by atoms with E-state index in [1.807, 2.05) is 6.08 Å². The van der Waals surface area contributed by atoms with Crippen LogP contribution in [0.4, 0.5) is 0 Å². The maximum atomic E-state index is 11.6. The third-order valence-corrected chi connectivity index (χ3v) is 5.99. The normalized spacial score (nSPS) is 22.8. The largest absolute Gasteiger partial charge is 0.368 e. The minimum Gasteiger partial charge on any atom is -0.368 e. The van der Waals surface area contributed by atoms with Gasteiger partial charge < -0.3 is 10.3 Å². The lowest BCUT2D eigenvalue weighted by Gasteiger charge is -2.44. The average Bonchev–Trinajstić information content (AvgIpc) is 2.90. The van der Waals surface area contributed by atoms with E-state index in [1.165, 1.54) is 42.3 Å². The van der Waals surface area contributed by atoms with Gasteiger partial charge in [-0.2, -0.15) is 0 Å². The molecule has 0 bridgehead atoms. The molecule has 2 N–H and O–H groups in total. The van der Waals surface area contributed by atoms with Gasteiger partial charge in [0.05, 0.1) is 0 Å². The maximum absolute atomic E-state index is 11.6. The summed E-state index contributed by atoms with van der Waals surface area (Å²) in [6, 6.07) is 7.10. The number of rotatable bonds is 5. The van der Waals surface area contributed by atoms with Gasteiger partial charge in [-0.15, -0.1) is 0 Å². The molecule has 132 valence electrons. The first-order valence-electron chi connectivity index (χ1n) is 9.44. The fraction of sp³-hybridized carbons (Fsp3) is 0.476. The second kappa shape index (κ2) is 6.34. The molecule has 2 atom stereocenters. The molecule has 4 nitrogen and oxygen atoms in total. The van der Waals surface area contributed by atoms with Crippen LogP contribution in [-0.2, 0) is 17.8 Å². The highest BCUT2D eigenvalue weighted by atomic mass is 16.1. The monoisotopic (exact) mass is 337 g/mol. The summed E-state index contributed by atoms with van der Waals surface area (Å²) in [6.45, 7) is 8.87. The van der Waals surface area contributed by atoms with Crippen molar-refractivity contribution >= 4 is 22.9 Å². The van der Waals surface area contributed by atoms with Crippen LogP contribution in [-0.4, -0.2) is 34.5 Å². The Morgan fingerprint density at radius 2 is 2.28 bits per heavy atom. The lowest BCUT2D eigenvalue weighted by Crippen LogP contribution is -2.47. The van der Waals surface area contributed by atoms with Gasteiger partial charge in [-0.05, 0) is 62.0 Å². The van der Waals surface area contributed by atoms with E-state index in [9.17, 15) is 4.79 Å². The van der Waals surface area contributed by atoms with Gasteiger partial charge in [0.2, 0.25) is 5.91 Å². The Bertz CT molecular complexity index is 833. The van der Waals surface area contributed by atoms with Gasteiger partial charge >= 0.3 is 0 Å². The van der Waals surface area contributed by atoms with Crippen molar-refractivity contribution in [2.45, 2.75) is 51.1 Å². The smallest absolute Gasteiger partial charge is 0.237 e. The van der Waals surface area contributed by atoms with E-state index in [1.54, 1.807) is 0 Å². The van der Waals surface area contributed by atoms with Crippen LogP contribution in [0.25, 0.3) is 17.0 Å². The average molecular weight is 337 g/mol. The summed E-state index contributed by atoms with van der Waals surface area (Å²) in [6.07, 6.45) is 6.66. The summed E-state index contributed by atoms with van der Waals surface area (Å²) >= 11 is 0. The van der Waals surface area contributed by atoms with Crippen LogP contribution in [0.1, 0.15) is 48.9 Å². The molecule has 2 heterocycles. The number of hydrogen-bond donors (Lipinski definition) is 1. The number of benzene rings is 1. The molecule has 0 radical (unpaired) electrons. The van der Waals surface area contributed by atoms with Gasteiger partial charge in [-0.1, -0.05) is 25.6 Å². The van der Waals surface area contributed by atoms with Crippen molar-refractivity contribution in [3.63, 3.8) is 0 Å². The molecule has 0 spiro atoms. The number of piperidine rings is 1. The Balaban J connectivity index is 1.91. The zero-order valence-corrected chi connectivity index (χ0v) is 15.0. The molecule has 0 unspecified atom stereocenters. The van der Waals surface area contributed by atoms with E-state index < -0.39 is 0 Å². The molecular formula is C21H27N3O. The Morgan fingerprint density at radius 1 is 1.44 bits per heavy atom. The van der Waals surface area contributed by atoms with E-state index in [4.69, 9.17) is 5.73 Å². The molecule has 1 aromatic heterocycles. The van der Waals surface area contributed by atoms with Crippen molar-refractivity contribution in [1.82, 2.24) is 9.47 Å². The molecule has 1 aromatic carbocycles. The van der Waals surface area contributed by atoms with Crippen molar-refractivity contribution in [3.05, 3.63) is 41.6 Å². The number of aromatic nitrogens is 1. The Hall–Kier alpha value is -2.07. The van der Waals surface area contributed by atoms with Crippen LogP contribution in [0, 0.1) is 0 Å². The standard InChI is InChI=1S/C21H27N3O/c1-3-10-23-11-6-8-14-15-7-5-9-18-21(15)16(12-19(14)23)17(4-2)24(18)13-20(22)25/h4-5,7,9,14,19H,2-3,6,8,10-13H2,1H3,(H2,22,25)/t14-,19-/m1/s1. The van der Waals surface area contributed by atoms with Crippen LogP contribution >= 0.6 is 0 Å². The summed E-state index contributed by atoms with van der Waals surface area (Å²) in [5.41, 5.74) is 10.5. The Labute approximate surface area is 149 Å². The number of carbonyl (C=O) groups excluding carboxylic acids is 1. The van der Waals surface area contributed by atoms with Crippen molar-refractivity contribution in [2.24, 2.45) is 5.73 Å². The number of amides is 1. The Morgan fingerprint density at radius 3 is 3.00 bits per heavy atom. The molecule has 4 rings (SSSR count). The van der Waals surface area contributed by atoms with E-state index in [-0.39, 0.29) is 12.5 Å². The number of nitrogens with zero attached hydrogens (tertiary/aromatic N) is 2. The highest BCUT2D eigenvalue weighted by molar-refractivity contribution is 5.93. The second-order valence-corrected chi connectivity index (χ2v) is 7.42. The van der Waals surface area contributed by atoms with Crippen LogP contribution in [0.3, 0.4) is 0 Å². The van der Waals surface area contributed by atoms with Crippen molar-refractivity contribution in [1.29, 1.82) is 0 Å². The molecule has 1 amide bonds. The zero-order valence-electron chi connectivity index (χ0n) is 15.0. The lowest BCUT2D eigenvalue weighted by atomic mass is 9.74. The molecule has 0 saturated carbocycles. The van der Waals surface area contributed by atoms with Crippen LogP contribution in [0.5, 0.6) is 0 Å². The molecule has 1 saturated heterocycles. The van der Waals surface area contributed by atoms with Gasteiger partial charge in [-0.3, -0.25) is 9.69 Å². The summed E-state index contributed by atoms with van der Waals surface area (Å²) < 4.78 is 2.06. The van der Waals surface area contributed by atoms with Gasteiger partial charge in [0.15, 0.2) is 0 Å². The lowest BCUT2D eigenvalue weighted by molar-refractivity contribution is -0.118. The number of primary amides is 1. The van der Waals surface area contributed by atoms with Crippen LogP contribution in [0.2, 0.25) is 0 Å². The topological polar surface area (TPSA) is 51.3 Å². The van der Waals surface area contributed by atoms with E-state index in [2.05, 4.69) is 41.2 Å². The second-order valence-electron chi connectivity index (χ2n) is 7.42. The van der Waals surface area contributed by atoms with E-state index >= 15 is 0 Å².